The van der Waals surface area contributed by atoms with Crippen LogP contribution in [0.2, 0.25) is 5.15 Å². The predicted molar refractivity (Wildman–Crippen MR) is 49.0 cm³/mol. The summed E-state index contributed by atoms with van der Waals surface area (Å²) in [6.07, 6.45) is 1.55. The Hall–Kier alpha value is -1.07. The van der Waals surface area contributed by atoms with Crippen molar-refractivity contribution in [2.75, 3.05) is 0 Å². The number of aromatic nitrogens is 2. The molecule has 6 heteroatoms. The van der Waals surface area contributed by atoms with Crippen LogP contribution in [0.1, 0.15) is 18.3 Å². The molecule has 1 amide bonds. The zero-order valence-electron chi connectivity index (χ0n) is 7.20. The fourth-order valence-electron chi connectivity index (χ4n) is 1.05. The summed E-state index contributed by atoms with van der Waals surface area (Å²) in [5.41, 5.74) is 10.7. The minimum Gasteiger partial charge on any atom is -0.370 e. The maximum Gasteiger partial charge on any atom is 0.219 e. The second-order valence-corrected chi connectivity index (χ2v) is 3.16. The molecule has 0 aromatic carbocycles. The first kappa shape index (κ1) is 10.0. The van der Waals surface area contributed by atoms with Gasteiger partial charge in [-0.1, -0.05) is 11.6 Å². The van der Waals surface area contributed by atoms with E-state index in [4.69, 9.17) is 23.1 Å². The Labute approximate surface area is 80.7 Å². The number of hydrogen-bond acceptors (Lipinski definition) is 3. The highest BCUT2D eigenvalue weighted by molar-refractivity contribution is 6.29. The second kappa shape index (κ2) is 3.76. The van der Waals surface area contributed by atoms with Gasteiger partial charge in [0.2, 0.25) is 5.91 Å². The Morgan fingerprint density at radius 1 is 1.85 bits per heavy atom. The van der Waals surface area contributed by atoms with Gasteiger partial charge >= 0.3 is 0 Å². The van der Waals surface area contributed by atoms with Crippen molar-refractivity contribution < 1.29 is 4.79 Å². The first-order valence-corrected chi connectivity index (χ1v) is 4.11. The van der Waals surface area contributed by atoms with E-state index in [1.54, 1.807) is 11.6 Å². The minimum atomic E-state index is -0.491. The molecule has 0 aliphatic rings. The van der Waals surface area contributed by atoms with Crippen molar-refractivity contribution in [3.8, 4) is 0 Å². The maximum atomic E-state index is 10.6. The Morgan fingerprint density at radius 3 is 2.85 bits per heavy atom. The fourth-order valence-corrected chi connectivity index (χ4v) is 1.19. The molecule has 13 heavy (non-hydrogen) atoms. The van der Waals surface area contributed by atoms with Crippen LogP contribution < -0.4 is 11.5 Å². The van der Waals surface area contributed by atoms with Gasteiger partial charge in [-0.15, -0.1) is 0 Å². The van der Waals surface area contributed by atoms with Crippen molar-refractivity contribution in [1.29, 1.82) is 0 Å². The van der Waals surface area contributed by atoms with Gasteiger partial charge in [-0.05, 0) is 0 Å². The van der Waals surface area contributed by atoms with Crippen molar-refractivity contribution in [1.82, 2.24) is 9.55 Å². The van der Waals surface area contributed by atoms with Crippen LogP contribution >= 0.6 is 11.6 Å². The van der Waals surface area contributed by atoms with E-state index in [0.29, 0.717) is 11.0 Å². The summed E-state index contributed by atoms with van der Waals surface area (Å²) in [5, 5.41) is 0.481. The van der Waals surface area contributed by atoms with Crippen LogP contribution in [0.4, 0.5) is 0 Å². The van der Waals surface area contributed by atoms with E-state index in [0.717, 1.165) is 0 Å². The van der Waals surface area contributed by atoms with Gasteiger partial charge in [0, 0.05) is 13.5 Å². The fraction of sp³-hybridized carbons (Fsp3) is 0.429. The summed E-state index contributed by atoms with van der Waals surface area (Å²) >= 11 is 5.74. The first-order chi connectivity index (χ1) is 6.02. The molecule has 0 spiro atoms. The van der Waals surface area contributed by atoms with E-state index in [2.05, 4.69) is 4.98 Å². The summed E-state index contributed by atoms with van der Waals surface area (Å²) in [4.78, 5) is 14.5. The van der Waals surface area contributed by atoms with Crippen molar-refractivity contribution in [3.63, 3.8) is 0 Å². The lowest BCUT2D eigenvalue weighted by molar-refractivity contribution is -0.118. The molecule has 0 bridgehead atoms. The molecule has 0 aliphatic heterocycles. The molecule has 0 saturated carbocycles. The summed E-state index contributed by atoms with van der Waals surface area (Å²) in [5.74, 6) is 0.107. The van der Waals surface area contributed by atoms with Gasteiger partial charge in [-0.2, -0.15) is 0 Å². The number of carbonyl (C=O) groups is 1. The first-order valence-electron chi connectivity index (χ1n) is 3.73. The maximum absolute atomic E-state index is 10.6. The molecule has 1 atom stereocenters. The number of amides is 1. The molecular formula is C7H11ClN4O. The topological polar surface area (TPSA) is 86.9 Å². The molecule has 0 saturated heterocycles. The van der Waals surface area contributed by atoms with Crippen LogP contribution in [0, 0.1) is 0 Å². The van der Waals surface area contributed by atoms with Crippen LogP contribution in [0.5, 0.6) is 0 Å². The quantitative estimate of drug-likeness (QED) is 0.721. The van der Waals surface area contributed by atoms with E-state index >= 15 is 0 Å². The summed E-state index contributed by atoms with van der Waals surface area (Å²) in [6, 6.07) is -0.491. The highest BCUT2D eigenvalue weighted by Gasteiger charge is 2.15. The Kier molecular flexibility index (Phi) is 2.90. The molecule has 0 unspecified atom stereocenters. The highest BCUT2D eigenvalue weighted by Crippen LogP contribution is 2.16. The van der Waals surface area contributed by atoms with E-state index < -0.39 is 11.9 Å². The number of carbonyl (C=O) groups excluding carboxylic acids is 1. The summed E-state index contributed by atoms with van der Waals surface area (Å²) in [6.45, 7) is 0. The monoisotopic (exact) mass is 202 g/mol. The van der Waals surface area contributed by atoms with Gasteiger partial charge in [0.05, 0.1) is 12.2 Å². The van der Waals surface area contributed by atoms with Gasteiger partial charge in [0.25, 0.3) is 0 Å². The van der Waals surface area contributed by atoms with Crippen LogP contribution in [0.25, 0.3) is 0 Å². The molecule has 72 valence electrons. The number of nitrogens with zero attached hydrogens (tertiary/aromatic N) is 2. The normalized spacial score (nSPS) is 12.8. The molecule has 0 fully saturated rings. The molecule has 1 heterocycles. The molecule has 1 rings (SSSR count). The van der Waals surface area contributed by atoms with Gasteiger partial charge in [0.15, 0.2) is 0 Å². The van der Waals surface area contributed by atoms with Gasteiger partial charge in [0.1, 0.15) is 11.0 Å². The molecule has 0 radical (unpaired) electrons. The third-order valence-electron chi connectivity index (χ3n) is 1.72. The average molecular weight is 203 g/mol. The van der Waals surface area contributed by atoms with E-state index in [1.165, 1.54) is 6.20 Å². The van der Waals surface area contributed by atoms with Gasteiger partial charge in [-0.3, -0.25) is 4.79 Å². The largest absolute Gasteiger partial charge is 0.370 e. The Bertz CT molecular complexity index is 322. The van der Waals surface area contributed by atoms with Crippen LogP contribution in [-0.2, 0) is 11.8 Å². The lowest BCUT2D eigenvalue weighted by Crippen LogP contribution is -2.23. The smallest absolute Gasteiger partial charge is 0.219 e. The standard InChI is InChI=1S/C7H11ClN4O/c1-12-5(8)3-11-7(12)4(9)2-6(10)13/h3-4H,2,9H2,1H3,(H2,10,13)/t4-/m1/s1. The van der Waals surface area contributed by atoms with E-state index in [1.807, 2.05) is 0 Å². The molecule has 1 aromatic heterocycles. The number of primary amides is 1. The Balaban J connectivity index is 2.82. The van der Waals surface area contributed by atoms with Crippen molar-refractivity contribution in [3.05, 3.63) is 17.2 Å². The van der Waals surface area contributed by atoms with Crippen molar-refractivity contribution >= 4 is 17.5 Å². The zero-order valence-corrected chi connectivity index (χ0v) is 7.95. The number of hydrogen-bond donors (Lipinski definition) is 2. The molecule has 5 nitrogen and oxygen atoms in total. The van der Waals surface area contributed by atoms with E-state index in [9.17, 15) is 4.79 Å². The van der Waals surface area contributed by atoms with Crippen LogP contribution in [0.3, 0.4) is 0 Å². The number of imidazole rings is 1. The predicted octanol–water partition coefficient (Wildman–Crippen LogP) is -0.0513. The number of nitrogens with two attached hydrogens (primary N) is 2. The lowest BCUT2D eigenvalue weighted by Gasteiger charge is -2.08. The summed E-state index contributed by atoms with van der Waals surface area (Å²) < 4.78 is 1.62. The van der Waals surface area contributed by atoms with Crippen molar-refractivity contribution in [2.45, 2.75) is 12.5 Å². The number of rotatable bonds is 3. The highest BCUT2D eigenvalue weighted by atomic mass is 35.5. The summed E-state index contributed by atoms with van der Waals surface area (Å²) in [7, 11) is 1.73. The minimum absolute atomic E-state index is 0.0706. The average Bonchev–Trinajstić information content (AvgIpc) is 2.31. The lowest BCUT2D eigenvalue weighted by atomic mass is 10.2. The van der Waals surface area contributed by atoms with Crippen LogP contribution in [-0.4, -0.2) is 15.5 Å². The third kappa shape index (κ3) is 2.19. The SMILES string of the molecule is Cn1c(Cl)cnc1[C@H](N)CC(N)=O. The Morgan fingerprint density at radius 2 is 2.46 bits per heavy atom. The van der Waals surface area contributed by atoms with Crippen molar-refractivity contribution in [2.24, 2.45) is 18.5 Å². The molecular weight excluding hydrogens is 192 g/mol. The van der Waals surface area contributed by atoms with Gasteiger partial charge < -0.3 is 16.0 Å². The van der Waals surface area contributed by atoms with Gasteiger partial charge in [-0.25, -0.2) is 4.98 Å². The van der Waals surface area contributed by atoms with E-state index in [-0.39, 0.29) is 6.42 Å². The number of halogens is 1. The molecule has 1 aromatic rings. The van der Waals surface area contributed by atoms with Crippen LogP contribution in [0.15, 0.2) is 6.20 Å². The second-order valence-electron chi connectivity index (χ2n) is 2.78. The third-order valence-corrected chi connectivity index (χ3v) is 2.07. The zero-order chi connectivity index (χ0) is 10.0. The molecule has 4 N–H and O–H groups in total. The molecule has 0 aliphatic carbocycles.